The van der Waals surface area contributed by atoms with Crippen LogP contribution < -0.4 is 0 Å². The van der Waals surface area contributed by atoms with E-state index in [-0.39, 0.29) is 0 Å². The summed E-state index contributed by atoms with van der Waals surface area (Å²) in [6.07, 6.45) is 10.1. The van der Waals surface area contributed by atoms with Crippen LogP contribution in [-0.4, -0.2) is 24.5 Å². The van der Waals surface area contributed by atoms with Crippen LogP contribution in [0.15, 0.2) is 30.3 Å². The van der Waals surface area contributed by atoms with Crippen molar-refractivity contribution in [1.82, 2.24) is 4.90 Å². The topological polar surface area (TPSA) is 3.24 Å². The summed E-state index contributed by atoms with van der Waals surface area (Å²) in [6, 6.07) is 11.1. The molecule has 1 aromatic rings. The first-order valence-corrected chi connectivity index (χ1v) is 8.19. The molecule has 0 spiro atoms. The van der Waals surface area contributed by atoms with Crippen LogP contribution >= 0.6 is 0 Å². The average Bonchev–Trinajstić information content (AvgIpc) is 2.50. The molecule has 0 bridgehead atoms. The van der Waals surface area contributed by atoms with E-state index in [0.717, 1.165) is 11.8 Å². The van der Waals surface area contributed by atoms with Gasteiger partial charge in [-0.1, -0.05) is 49.6 Å². The van der Waals surface area contributed by atoms with Crippen LogP contribution in [0.1, 0.15) is 56.4 Å². The van der Waals surface area contributed by atoms with Gasteiger partial charge in [-0.15, -0.1) is 0 Å². The highest BCUT2D eigenvalue weighted by Crippen LogP contribution is 2.30. The first-order chi connectivity index (χ1) is 9.42. The second kappa shape index (κ2) is 6.56. The summed E-state index contributed by atoms with van der Waals surface area (Å²) in [5.74, 6) is 1.81. The van der Waals surface area contributed by atoms with Gasteiger partial charge in [0.2, 0.25) is 0 Å². The Morgan fingerprint density at radius 3 is 2.21 bits per heavy atom. The fraction of sp³-hybridized carbons (Fsp3) is 0.667. The Hall–Kier alpha value is -0.820. The third-order valence-corrected chi connectivity index (χ3v) is 5.10. The van der Waals surface area contributed by atoms with Gasteiger partial charge in [0.25, 0.3) is 0 Å². The molecule has 0 unspecified atom stereocenters. The van der Waals surface area contributed by atoms with Gasteiger partial charge in [0.1, 0.15) is 0 Å². The summed E-state index contributed by atoms with van der Waals surface area (Å²) in [5, 5.41) is 0. The highest BCUT2D eigenvalue weighted by Gasteiger charge is 2.23. The Bertz CT molecular complexity index is 359. The first-order valence-electron chi connectivity index (χ1n) is 8.19. The monoisotopic (exact) mass is 257 g/mol. The van der Waals surface area contributed by atoms with E-state index < -0.39 is 0 Å². The Labute approximate surface area is 118 Å². The molecule has 1 saturated carbocycles. The summed E-state index contributed by atoms with van der Waals surface area (Å²) < 4.78 is 0. The van der Waals surface area contributed by atoms with Gasteiger partial charge < -0.3 is 4.90 Å². The molecule has 0 atom stereocenters. The molecule has 1 aliphatic carbocycles. The van der Waals surface area contributed by atoms with E-state index in [1.807, 2.05) is 0 Å². The van der Waals surface area contributed by atoms with Gasteiger partial charge in [-0.2, -0.15) is 0 Å². The minimum absolute atomic E-state index is 0.809. The fourth-order valence-corrected chi connectivity index (χ4v) is 3.91. The Morgan fingerprint density at radius 2 is 1.53 bits per heavy atom. The van der Waals surface area contributed by atoms with Crippen LogP contribution in [0.25, 0.3) is 0 Å². The molecule has 0 aromatic heterocycles. The average molecular weight is 257 g/mol. The lowest BCUT2D eigenvalue weighted by atomic mass is 9.86. The van der Waals surface area contributed by atoms with Crippen LogP contribution in [0.3, 0.4) is 0 Å². The van der Waals surface area contributed by atoms with Crippen LogP contribution in [-0.2, 0) is 0 Å². The standard InChI is InChI=1S/C18H27N/c1-3-7-16(8-4-1)15-19-13-11-18(12-14-19)17-9-5-2-6-10-17/h2,5-6,9-10,16,18H,1,3-4,7-8,11-15H2. The van der Waals surface area contributed by atoms with E-state index >= 15 is 0 Å². The first kappa shape index (κ1) is 13.2. The third-order valence-electron chi connectivity index (χ3n) is 5.10. The minimum Gasteiger partial charge on any atom is -0.303 e. The number of rotatable bonds is 3. The zero-order valence-electron chi connectivity index (χ0n) is 12.1. The molecule has 0 radical (unpaired) electrons. The van der Waals surface area contributed by atoms with Crippen molar-refractivity contribution in [2.75, 3.05) is 19.6 Å². The number of likely N-dealkylation sites (tertiary alicyclic amines) is 1. The van der Waals surface area contributed by atoms with Crippen LogP contribution in [0.5, 0.6) is 0 Å². The van der Waals surface area contributed by atoms with E-state index in [4.69, 9.17) is 0 Å². The number of nitrogens with zero attached hydrogens (tertiary/aromatic N) is 1. The summed E-state index contributed by atoms with van der Waals surface area (Å²) in [5.41, 5.74) is 1.56. The van der Waals surface area contributed by atoms with Gasteiger partial charge in [0.05, 0.1) is 0 Å². The van der Waals surface area contributed by atoms with E-state index in [9.17, 15) is 0 Å². The number of hydrogen-bond donors (Lipinski definition) is 0. The third kappa shape index (κ3) is 3.60. The van der Waals surface area contributed by atoms with Gasteiger partial charge in [-0.05, 0) is 56.2 Å². The van der Waals surface area contributed by atoms with Gasteiger partial charge >= 0.3 is 0 Å². The van der Waals surface area contributed by atoms with Crippen molar-refractivity contribution in [3.63, 3.8) is 0 Å². The molecule has 19 heavy (non-hydrogen) atoms. The van der Waals surface area contributed by atoms with Crippen LogP contribution in [0, 0.1) is 5.92 Å². The maximum Gasteiger partial charge on any atom is 0.000966 e. The lowest BCUT2D eigenvalue weighted by molar-refractivity contribution is 0.164. The van der Waals surface area contributed by atoms with E-state index in [2.05, 4.69) is 35.2 Å². The van der Waals surface area contributed by atoms with Crippen LogP contribution in [0.2, 0.25) is 0 Å². The molecule has 1 aliphatic heterocycles. The van der Waals surface area contributed by atoms with Gasteiger partial charge in [0, 0.05) is 6.54 Å². The summed E-state index contributed by atoms with van der Waals surface area (Å²) in [6.45, 7) is 4.01. The maximum absolute atomic E-state index is 2.73. The van der Waals surface area contributed by atoms with Gasteiger partial charge in [-0.25, -0.2) is 0 Å². The molecule has 1 nitrogen and oxygen atoms in total. The summed E-state index contributed by atoms with van der Waals surface area (Å²) in [7, 11) is 0. The normalized spacial score (nSPS) is 23.6. The van der Waals surface area contributed by atoms with Crippen LogP contribution in [0.4, 0.5) is 0 Å². The molecule has 104 valence electrons. The SMILES string of the molecule is c1ccc(C2CCN(CC3CCCCC3)CC2)cc1. The lowest BCUT2D eigenvalue weighted by Crippen LogP contribution is -2.37. The fourth-order valence-electron chi connectivity index (χ4n) is 3.91. The molecular formula is C18H27N. The number of piperidine rings is 1. The second-order valence-corrected chi connectivity index (χ2v) is 6.49. The number of benzene rings is 1. The zero-order chi connectivity index (χ0) is 12.9. The quantitative estimate of drug-likeness (QED) is 0.773. The largest absolute Gasteiger partial charge is 0.303 e. The molecule has 2 aliphatic rings. The van der Waals surface area contributed by atoms with Crippen molar-refractivity contribution in [2.24, 2.45) is 5.92 Å². The van der Waals surface area contributed by atoms with Crippen molar-refractivity contribution >= 4 is 0 Å². The Balaban J connectivity index is 1.46. The highest BCUT2D eigenvalue weighted by atomic mass is 15.1. The van der Waals surface area contributed by atoms with Gasteiger partial charge in [-0.3, -0.25) is 0 Å². The summed E-state index contributed by atoms with van der Waals surface area (Å²) in [4.78, 5) is 2.73. The molecule has 0 N–H and O–H groups in total. The molecule has 1 saturated heterocycles. The molecule has 1 aromatic carbocycles. The highest BCUT2D eigenvalue weighted by molar-refractivity contribution is 5.19. The molecular weight excluding hydrogens is 230 g/mol. The summed E-state index contributed by atoms with van der Waals surface area (Å²) >= 11 is 0. The van der Waals surface area contributed by atoms with E-state index in [1.165, 1.54) is 64.6 Å². The molecule has 1 heterocycles. The second-order valence-electron chi connectivity index (χ2n) is 6.49. The Kier molecular flexibility index (Phi) is 4.55. The van der Waals surface area contributed by atoms with Crippen molar-refractivity contribution in [3.8, 4) is 0 Å². The van der Waals surface area contributed by atoms with E-state index in [1.54, 1.807) is 5.56 Å². The predicted octanol–water partition coefficient (Wildman–Crippen LogP) is 4.45. The number of hydrogen-bond acceptors (Lipinski definition) is 1. The van der Waals surface area contributed by atoms with Gasteiger partial charge in [0.15, 0.2) is 0 Å². The predicted molar refractivity (Wildman–Crippen MR) is 81.4 cm³/mol. The van der Waals surface area contributed by atoms with Crippen molar-refractivity contribution in [1.29, 1.82) is 0 Å². The smallest absolute Gasteiger partial charge is 0.000966 e. The zero-order valence-corrected chi connectivity index (χ0v) is 12.1. The molecule has 1 heteroatoms. The molecule has 2 fully saturated rings. The van der Waals surface area contributed by atoms with Crippen molar-refractivity contribution < 1.29 is 0 Å². The van der Waals surface area contributed by atoms with E-state index in [0.29, 0.717) is 0 Å². The Morgan fingerprint density at radius 1 is 0.842 bits per heavy atom. The van der Waals surface area contributed by atoms with Crippen molar-refractivity contribution in [3.05, 3.63) is 35.9 Å². The van der Waals surface area contributed by atoms with Crippen molar-refractivity contribution in [2.45, 2.75) is 50.9 Å². The lowest BCUT2D eigenvalue weighted by Gasteiger charge is -2.35. The molecule has 0 amide bonds. The maximum atomic E-state index is 2.73. The minimum atomic E-state index is 0.809. The molecule has 3 rings (SSSR count).